The summed E-state index contributed by atoms with van der Waals surface area (Å²) in [5.74, 6) is 0. The van der Waals surface area contributed by atoms with Crippen molar-refractivity contribution in [1.29, 1.82) is 0 Å². The largest absolute Gasteiger partial charge is 0.382 e. The Morgan fingerprint density at radius 3 is 2.94 bits per heavy atom. The van der Waals surface area contributed by atoms with Crippen molar-refractivity contribution in [2.24, 2.45) is 0 Å². The summed E-state index contributed by atoms with van der Waals surface area (Å²) in [5, 5.41) is 3.68. The molecule has 1 aromatic carbocycles. The molecule has 0 saturated carbocycles. The van der Waals surface area contributed by atoms with Gasteiger partial charge in [0.2, 0.25) is 0 Å². The SMILES string of the molecule is O=c1ncc(Cl)cn1CCNc1ccccc1Br. The molecule has 0 aliphatic heterocycles. The molecule has 1 N–H and O–H groups in total. The minimum atomic E-state index is -0.298. The zero-order chi connectivity index (χ0) is 13.0. The highest BCUT2D eigenvalue weighted by Gasteiger charge is 2.00. The van der Waals surface area contributed by atoms with E-state index in [2.05, 4.69) is 26.2 Å². The van der Waals surface area contributed by atoms with E-state index < -0.39 is 0 Å². The van der Waals surface area contributed by atoms with Gasteiger partial charge in [0.15, 0.2) is 0 Å². The Balaban J connectivity index is 1.99. The molecule has 4 nitrogen and oxygen atoms in total. The van der Waals surface area contributed by atoms with E-state index in [4.69, 9.17) is 11.6 Å². The normalized spacial score (nSPS) is 10.3. The molecule has 6 heteroatoms. The van der Waals surface area contributed by atoms with Crippen molar-refractivity contribution in [3.05, 3.63) is 56.6 Å². The number of benzene rings is 1. The van der Waals surface area contributed by atoms with E-state index in [9.17, 15) is 4.79 Å². The van der Waals surface area contributed by atoms with Crippen LogP contribution in [0, 0.1) is 0 Å². The fourth-order valence-electron chi connectivity index (χ4n) is 1.50. The van der Waals surface area contributed by atoms with Gasteiger partial charge in [-0.25, -0.2) is 9.78 Å². The second-order valence-electron chi connectivity index (χ2n) is 3.65. The van der Waals surface area contributed by atoms with Crippen LogP contribution < -0.4 is 11.0 Å². The van der Waals surface area contributed by atoms with E-state index in [1.807, 2.05) is 24.3 Å². The lowest BCUT2D eigenvalue weighted by Gasteiger charge is -2.09. The van der Waals surface area contributed by atoms with Gasteiger partial charge in [0.05, 0.1) is 11.2 Å². The number of aromatic nitrogens is 2. The number of anilines is 1. The molecule has 0 spiro atoms. The number of halogens is 2. The van der Waals surface area contributed by atoms with Gasteiger partial charge < -0.3 is 5.32 Å². The van der Waals surface area contributed by atoms with Gasteiger partial charge in [-0.3, -0.25) is 4.57 Å². The third kappa shape index (κ3) is 3.34. The predicted molar refractivity (Wildman–Crippen MR) is 76.1 cm³/mol. The molecular weight excluding hydrogens is 318 g/mol. The first-order valence-electron chi connectivity index (χ1n) is 5.37. The molecule has 1 heterocycles. The Hall–Kier alpha value is -1.33. The lowest BCUT2D eigenvalue weighted by atomic mass is 10.3. The minimum Gasteiger partial charge on any atom is -0.382 e. The molecule has 0 amide bonds. The quantitative estimate of drug-likeness (QED) is 0.939. The van der Waals surface area contributed by atoms with Gasteiger partial charge in [-0.15, -0.1) is 0 Å². The summed E-state index contributed by atoms with van der Waals surface area (Å²) >= 11 is 9.23. The van der Waals surface area contributed by atoms with Crippen LogP contribution in [0.15, 0.2) is 45.9 Å². The molecule has 0 fully saturated rings. The molecular formula is C12H11BrClN3O. The van der Waals surface area contributed by atoms with Gasteiger partial charge in [-0.05, 0) is 28.1 Å². The second-order valence-corrected chi connectivity index (χ2v) is 4.95. The van der Waals surface area contributed by atoms with Crippen LogP contribution in [-0.2, 0) is 6.54 Å². The number of para-hydroxylation sites is 1. The predicted octanol–water partition coefficient (Wildman–Crippen LogP) is 2.77. The first-order chi connectivity index (χ1) is 8.66. The van der Waals surface area contributed by atoms with Crippen LogP contribution in [0.25, 0.3) is 0 Å². The smallest absolute Gasteiger partial charge is 0.347 e. The van der Waals surface area contributed by atoms with Crippen LogP contribution in [0.4, 0.5) is 5.69 Å². The Kier molecular flexibility index (Phi) is 4.38. The number of hydrogen-bond acceptors (Lipinski definition) is 3. The summed E-state index contributed by atoms with van der Waals surface area (Å²) in [6.07, 6.45) is 2.93. The van der Waals surface area contributed by atoms with Crippen molar-refractivity contribution in [1.82, 2.24) is 9.55 Å². The molecule has 2 aromatic rings. The molecule has 94 valence electrons. The van der Waals surface area contributed by atoms with E-state index in [0.717, 1.165) is 10.2 Å². The van der Waals surface area contributed by atoms with E-state index in [1.54, 1.807) is 6.20 Å². The van der Waals surface area contributed by atoms with Gasteiger partial charge in [-0.2, -0.15) is 0 Å². The third-order valence-electron chi connectivity index (χ3n) is 2.37. The summed E-state index contributed by atoms with van der Waals surface area (Å²) in [7, 11) is 0. The van der Waals surface area contributed by atoms with E-state index in [0.29, 0.717) is 18.1 Å². The van der Waals surface area contributed by atoms with Crippen molar-refractivity contribution < 1.29 is 0 Å². The molecule has 1 aromatic heterocycles. The van der Waals surface area contributed by atoms with Crippen LogP contribution >= 0.6 is 27.5 Å². The van der Waals surface area contributed by atoms with Crippen LogP contribution in [0.1, 0.15) is 0 Å². The number of rotatable bonds is 4. The molecule has 18 heavy (non-hydrogen) atoms. The molecule has 0 aliphatic carbocycles. The molecule has 0 unspecified atom stereocenters. The second kappa shape index (κ2) is 6.02. The van der Waals surface area contributed by atoms with Gasteiger partial charge in [0.25, 0.3) is 0 Å². The average Bonchev–Trinajstić information content (AvgIpc) is 2.36. The fourth-order valence-corrected chi connectivity index (χ4v) is 2.10. The highest BCUT2D eigenvalue weighted by atomic mass is 79.9. The first-order valence-corrected chi connectivity index (χ1v) is 6.54. The number of nitrogens with one attached hydrogen (secondary N) is 1. The van der Waals surface area contributed by atoms with Crippen molar-refractivity contribution >= 4 is 33.2 Å². The first kappa shape index (κ1) is 13.1. The molecule has 0 saturated heterocycles. The Morgan fingerprint density at radius 1 is 1.39 bits per heavy atom. The molecule has 0 atom stereocenters. The van der Waals surface area contributed by atoms with Crippen LogP contribution in [0.5, 0.6) is 0 Å². The lowest BCUT2D eigenvalue weighted by molar-refractivity contribution is 0.674. The highest BCUT2D eigenvalue weighted by molar-refractivity contribution is 9.10. The van der Waals surface area contributed by atoms with Gasteiger partial charge in [0.1, 0.15) is 0 Å². The standard InChI is InChI=1S/C12H11BrClN3O/c13-10-3-1-2-4-11(10)15-5-6-17-8-9(14)7-16-12(17)18/h1-4,7-8,15H,5-6H2. The molecule has 2 rings (SSSR count). The maximum atomic E-state index is 11.4. The van der Waals surface area contributed by atoms with Crippen LogP contribution in [-0.4, -0.2) is 16.1 Å². The topological polar surface area (TPSA) is 46.9 Å². The Morgan fingerprint density at radius 2 is 2.17 bits per heavy atom. The van der Waals surface area contributed by atoms with Crippen molar-refractivity contribution in [3.8, 4) is 0 Å². The van der Waals surface area contributed by atoms with Gasteiger partial charge in [-0.1, -0.05) is 23.7 Å². The summed E-state index contributed by atoms with van der Waals surface area (Å²) in [5.41, 5.74) is 0.689. The minimum absolute atomic E-state index is 0.298. The molecule has 0 bridgehead atoms. The number of hydrogen-bond donors (Lipinski definition) is 1. The van der Waals surface area contributed by atoms with Crippen LogP contribution in [0.2, 0.25) is 5.02 Å². The van der Waals surface area contributed by atoms with E-state index >= 15 is 0 Å². The van der Waals surface area contributed by atoms with Crippen molar-refractivity contribution in [2.45, 2.75) is 6.54 Å². The summed E-state index contributed by atoms with van der Waals surface area (Å²) in [6.45, 7) is 1.12. The third-order valence-corrected chi connectivity index (χ3v) is 3.25. The zero-order valence-corrected chi connectivity index (χ0v) is 11.8. The fraction of sp³-hybridized carbons (Fsp3) is 0.167. The Labute approximate surface area is 118 Å². The van der Waals surface area contributed by atoms with E-state index in [-0.39, 0.29) is 5.69 Å². The number of nitrogens with zero attached hydrogens (tertiary/aromatic N) is 2. The Bertz CT molecular complexity index is 600. The zero-order valence-electron chi connectivity index (χ0n) is 9.44. The van der Waals surface area contributed by atoms with Gasteiger partial charge in [0, 0.05) is 29.4 Å². The summed E-state index contributed by atoms with van der Waals surface area (Å²) in [4.78, 5) is 15.1. The van der Waals surface area contributed by atoms with Crippen molar-refractivity contribution in [2.75, 3.05) is 11.9 Å². The average molecular weight is 329 g/mol. The van der Waals surface area contributed by atoms with Crippen LogP contribution in [0.3, 0.4) is 0 Å². The highest BCUT2D eigenvalue weighted by Crippen LogP contribution is 2.20. The lowest BCUT2D eigenvalue weighted by Crippen LogP contribution is -2.25. The summed E-state index contributed by atoms with van der Waals surface area (Å²) < 4.78 is 2.47. The van der Waals surface area contributed by atoms with Gasteiger partial charge >= 0.3 is 5.69 Å². The summed E-state index contributed by atoms with van der Waals surface area (Å²) in [6, 6.07) is 7.80. The van der Waals surface area contributed by atoms with E-state index in [1.165, 1.54) is 10.8 Å². The monoisotopic (exact) mass is 327 g/mol. The van der Waals surface area contributed by atoms with Crippen molar-refractivity contribution in [3.63, 3.8) is 0 Å². The molecule has 0 aliphatic rings. The maximum absolute atomic E-state index is 11.4. The molecule has 0 radical (unpaired) electrons. The maximum Gasteiger partial charge on any atom is 0.347 e.